The van der Waals surface area contributed by atoms with Crippen molar-refractivity contribution in [1.82, 2.24) is 9.97 Å². The molecule has 12 heteroatoms. The summed E-state index contributed by atoms with van der Waals surface area (Å²) in [6.45, 7) is -0.888. The maximum absolute atomic E-state index is 12.6. The molecule has 4 rings (SSSR count). The molecular formula is C32H30N4O8. The molecule has 0 aliphatic rings. The van der Waals surface area contributed by atoms with E-state index in [2.05, 4.69) is 9.97 Å². The van der Waals surface area contributed by atoms with Crippen LogP contribution >= 0.6 is 0 Å². The van der Waals surface area contributed by atoms with E-state index in [1.54, 1.807) is 97.3 Å². The second-order valence-corrected chi connectivity index (χ2v) is 10.1. The fraction of sp³-hybridized carbons (Fsp3) is 0.250. The maximum atomic E-state index is 12.6. The highest BCUT2D eigenvalue weighted by Crippen LogP contribution is 2.23. The number of pyridine rings is 2. The molecule has 0 aliphatic heterocycles. The highest BCUT2D eigenvalue weighted by molar-refractivity contribution is 5.71. The lowest BCUT2D eigenvalue weighted by Gasteiger charge is -2.13. The molecule has 226 valence electrons. The summed E-state index contributed by atoms with van der Waals surface area (Å²) < 4.78 is 10.8. The van der Waals surface area contributed by atoms with E-state index in [1.807, 2.05) is 0 Å². The highest BCUT2D eigenvalue weighted by atomic mass is 16.6. The van der Waals surface area contributed by atoms with Gasteiger partial charge in [0.05, 0.1) is 36.1 Å². The largest absolute Gasteiger partial charge is 0.461 e. The first kappa shape index (κ1) is 31.4. The van der Waals surface area contributed by atoms with E-state index in [-0.39, 0.29) is 39.1 Å². The second-order valence-electron chi connectivity index (χ2n) is 10.1. The van der Waals surface area contributed by atoms with E-state index in [9.17, 15) is 29.8 Å². The van der Waals surface area contributed by atoms with Gasteiger partial charge in [-0.05, 0) is 46.5 Å². The number of rotatable bonds is 15. The zero-order chi connectivity index (χ0) is 31.3. The van der Waals surface area contributed by atoms with E-state index >= 15 is 0 Å². The van der Waals surface area contributed by atoms with Crippen LogP contribution in [0.3, 0.4) is 0 Å². The molecule has 0 saturated heterocycles. The molecule has 12 nitrogen and oxygen atoms in total. The first-order valence-electron chi connectivity index (χ1n) is 13.8. The Morgan fingerprint density at radius 1 is 0.636 bits per heavy atom. The van der Waals surface area contributed by atoms with Crippen LogP contribution in [0, 0.1) is 20.2 Å². The number of hydrogen-bond donors (Lipinski definition) is 0. The molecule has 2 aromatic carbocycles. The summed E-state index contributed by atoms with van der Waals surface area (Å²) in [6, 6.07) is 24.4. The fourth-order valence-corrected chi connectivity index (χ4v) is 4.64. The smallest absolute Gasteiger partial charge is 0.306 e. The number of carbonyl (C=O) groups is 2. The first-order chi connectivity index (χ1) is 21.3. The average Bonchev–Trinajstić information content (AvgIpc) is 3.03. The molecule has 2 heterocycles. The van der Waals surface area contributed by atoms with Crippen molar-refractivity contribution in [2.45, 2.75) is 37.9 Å². The van der Waals surface area contributed by atoms with Gasteiger partial charge < -0.3 is 9.47 Å². The third-order valence-corrected chi connectivity index (χ3v) is 6.82. The summed E-state index contributed by atoms with van der Waals surface area (Å²) in [5, 5.41) is 22.3. The molecule has 4 aromatic rings. The zero-order valence-electron chi connectivity index (χ0n) is 23.7. The van der Waals surface area contributed by atoms with Gasteiger partial charge in [-0.15, -0.1) is 0 Å². The molecule has 0 N–H and O–H groups in total. The summed E-state index contributed by atoms with van der Waals surface area (Å²) in [7, 11) is 0. The van der Waals surface area contributed by atoms with Crippen molar-refractivity contribution in [3.05, 3.63) is 140 Å². The SMILES string of the molecule is O=C(CC(C[N+](=O)[O-])c1ccccc1)OCc1ccnc(-c2cc(COC(=O)CC(C[N+](=O)[O-])c3ccccc3)ccn2)c1. The molecule has 2 atom stereocenters. The van der Waals surface area contributed by atoms with Gasteiger partial charge in [-0.1, -0.05) is 60.7 Å². The van der Waals surface area contributed by atoms with Crippen LogP contribution in [0.1, 0.15) is 46.9 Å². The molecule has 0 spiro atoms. The topological polar surface area (TPSA) is 165 Å². The molecule has 0 fully saturated rings. The summed E-state index contributed by atoms with van der Waals surface area (Å²) in [4.78, 5) is 55.2. The predicted octanol–water partition coefficient (Wildman–Crippen LogP) is 5.13. The van der Waals surface area contributed by atoms with E-state index in [0.29, 0.717) is 33.6 Å². The molecule has 0 saturated carbocycles. The fourth-order valence-electron chi connectivity index (χ4n) is 4.64. The Kier molecular flexibility index (Phi) is 11.2. The number of carbonyl (C=O) groups excluding carboxylic acids is 2. The Labute approximate surface area is 253 Å². The molecule has 0 amide bonds. The van der Waals surface area contributed by atoms with Crippen molar-refractivity contribution in [3.63, 3.8) is 0 Å². The van der Waals surface area contributed by atoms with Gasteiger partial charge in [0.15, 0.2) is 0 Å². The second kappa shape index (κ2) is 15.6. The van der Waals surface area contributed by atoms with Crippen molar-refractivity contribution in [2.75, 3.05) is 13.1 Å². The van der Waals surface area contributed by atoms with E-state index in [0.717, 1.165) is 0 Å². The standard InChI is InChI=1S/C32H30N4O8/c37-31(17-27(19-35(39)40)25-7-3-1-4-8-25)43-21-23-11-13-33-29(15-23)30-16-24(12-14-34-30)22-44-32(38)18-28(20-36(41)42)26-9-5-2-6-10-26/h1-16,27-28H,17-22H2. The molecule has 0 bridgehead atoms. The van der Waals surface area contributed by atoms with Crippen molar-refractivity contribution in [2.24, 2.45) is 0 Å². The van der Waals surface area contributed by atoms with Gasteiger partial charge in [-0.3, -0.25) is 39.8 Å². The Bertz CT molecular complexity index is 1460. The Hall–Kier alpha value is -5.52. The van der Waals surface area contributed by atoms with E-state index in [1.165, 1.54) is 0 Å². The normalized spacial score (nSPS) is 12.1. The van der Waals surface area contributed by atoms with Crippen LogP contribution < -0.4 is 0 Å². The summed E-state index contributed by atoms with van der Waals surface area (Å²) in [6.07, 6.45) is 2.82. The molecule has 44 heavy (non-hydrogen) atoms. The Balaban J connectivity index is 1.34. The summed E-state index contributed by atoms with van der Waals surface area (Å²) in [5.41, 5.74) is 3.67. The van der Waals surface area contributed by atoms with Crippen LogP contribution in [-0.2, 0) is 32.3 Å². The highest BCUT2D eigenvalue weighted by Gasteiger charge is 2.23. The van der Waals surface area contributed by atoms with Gasteiger partial charge in [0, 0.05) is 22.2 Å². The molecule has 2 unspecified atom stereocenters. The van der Waals surface area contributed by atoms with Crippen molar-refractivity contribution in [3.8, 4) is 11.4 Å². The number of aromatic nitrogens is 2. The van der Waals surface area contributed by atoms with Gasteiger partial charge in [-0.2, -0.15) is 0 Å². The van der Waals surface area contributed by atoms with Crippen LogP contribution in [0.25, 0.3) is 11.4 Å². The minimum Gasteiger partial charge on any atom is -0.461 e. The van der Waals surface area contributed by atoms with Gasteiger partial charge in [-0.25, -0.2) is 0 Å². The van der Waals surface area contributed by atoms with Crippen molar-refractivity contribution in [1.29, 1.82) is 0 Å². The maximum Gasteiger partial charge on any atom is 0.306 e. The Morgan fingerprint density at radius 3 is 1.39 bits per heavy atom. The number of ether oxygens (including phenoxy) is 2. The van der Waals surface area contributed by atoms with Crippen LogP contribution in [0.15, 0.2) is 97.3 Å². The van der Waals surface area contributed by atoms with Crippen LogP contribution in [-0.4, -0.2) is 44.8 Å². The predicted molar refractivity (Wildman–Crippen MR) is 158 cm³/mol. The monoisotopic (exact) mass is 598 g/mol. The van der Waals surface area contributed by atoms with E-state index < -0.39 is 33.6 Å². The van der Waals surface area contributed by atoms with Crippen LogP contribution in [0.4, 0.5) is 0 Å². The lowest BCUT2D eigenvalue weighted by atomic mass is 9.96. The van der Waals surface area contributed by atoms with E-state index in [4.69, 9.17) is 9.47 Å². The van der Waals surface area contributed by atoms with Crippen LogP contribution in [0.2, 0.25) is 0 Å². The summed E-state index contributed by atoms with van der Waals surface area (Å²) >= 11 is 0. The number of benzene rings is 2. The lowest BCUT2D eigenvalue weighted by Crippen LogP contribution is -2.18. The van der Waals surface area contributed by atoms with Gasteiger partial charge in [0.2, 0.25) is 13.1 Å². The lowest BCUT2D eigenvalue weighted by molar-refractivity contribution is -0.483. The van der Waals surface area contributed by atoms with Gasteiger partial charge in [0.25, 0.3) is 0 Å². The number of esters is 2. The van der Waals surface area contributed by atoms with Gasteiger partial charge in [0.1, 0.15) is 13.2 Å². The average molecular weight is 599 g/mol. The quantitative estimate of drug-likeness (QED) is 0.102. The zero-order valence-corrected chi connectivity index (χ0v) is 23.7. The number of nitrogens with zero attached hydrogens (tertiary/aromatic N) is 4. The van der Waals surface area contributed by atoms with Crippen molar-refractivity contribution < 1.29 is 28.9 Å². The third-order valence-electron chi connectivity index (χ3n) is 6.82. The minimum atomic E-state index is -0.606. The number of hydrogen-bond acceptors (Lipinski definition) is 10. The number of nitro groups is 2. The molecular weight excluding hydrogens is 568 g/mol. The van der Waals surface area contributed by atoms with Gasteiger partial charge >= 0.3 is 11.9 Å². The van der Waals surface area contributed by atoms with Crippen molar-refractivity contribution >= 4 is 11.9 Å². The summed E-state index contributed by atoms with van der Waals surface area (Å²) in [5.74, 6) is -2.34. The minimum absolute atomic E-state index is 0.0572. The third kappa shape index (κ3) is 9.79. The molecule has 0 aliphatic carbocycles. The molecule has 0 radical (unpaired) electrons. The first-order valence-corrected chi connectivity index (χ1v) is 13.8. The van der Waals surface area contributed by atoms with Crippen LogP contribution in [0.5, 0.6) is 0 Å². The Morgan fingerprint density at radius 2 is 1.02 bits per heavy atom. The molecule has 2 aromatic heterocycles.